The first-order chi connectivity index (χ1) is 11.2. The second-order valence-electron chi connectivity index (χ2n) is 5.26. The molecule has 2 aromatic rings. The van der Waals surface area contributed by atoms with Crippen molar-refractivity contribution in [3.63, 3.8) is 0 Å². The number of nitrogens with zero attached hydrogens (tertiary/aromatic N) is 2. The number of amides is 1. The third-order valence-corrected chi connectivity index (χ3v) is 4.01. The lowest BCUT2D eigenvalue weighted by molar-refractivity contribution is 0.0961. The molecule has 2 heterocycles. The second-order valence-corrected chi connectivity index (χ2v) is 5.69. The zero-order valence-corrected chi connectivity index (χ0v) is 13.6. The smallest absolute Gasteiger partial charge is 0.254 e. The fraction of sp³-hybridized carbons (Fsp3) is 0.294. The number of ether oxygens (including phenoxy) is 1. The highest BCUT2D eigenvalue weighted by Gasteiger charge is 2.20. The van der Waals surface area contributed by atoms with Crippen LogP contribution < -0.4 is 10.2 Å². The Morgan fingerprint density at radius 3 is 2.74 bits per heavy atom. The summed E-state index contributed by atoms with van der Waals surface area (Å²) in [4.78, 5) is 19.0. The van der Waals surface area contributed by atoms with Crippen LogP contribution in [0.1, 0.15) is 10.4 Å². The molecule has 0 unspecified atom stereocenters. The van der Waals surface area contributed by atoms with Gasteiger partial charge in [-0.05, 0) is 24.3 Å². The Labute approximate surface area is 140 Å². The molecule has 0 radical (unpaired) electrons. The highest BCUT2D eigenvalue weighted by molar-refractivity contribution is 6.30. The number of hydrogen-bond donors (Lipinski definition) is 1. The van der Waals surface area contributed by atoms with E-state index in [9.17, 15) is 4.79 Å². The maximum atomic E-state index is 12.1. The van der Waals surface area contributed by atoms with E-state index in [4.69, 9.17) is 21.3 Å². The lowest BCUT2D eigenvalue weighted by Gasteiger charge is -2.29. The topological polar surface area (TPSA) is 54.5 Å². The highest BCUT2D eigenvalue weighted by atomic mass is 35.5. The van der Waals surface area contributed by atoms with Crippen LogP contribution >= 0.6 is 11.6 Å². The molecular formula is C17H18ClN3O2. The van der Waals surface area contributed by atoms with E-state index in [-0.39, 0.29) is 5.91 Å². The number of carbonyl (C=O) groups is 1. The minimum Gasteiger partial charge on any atom is -0.378 e. The van der Waals surface area contributed by atoms with Crippen LogP contribution in [0.25, 0.3) is 11.3 Å². The van der Waals surface area contributed by atoms with E-state index in [1.165, 1.54) is 0 Å². The molecule has 0 atom stereocenters. The summed E-state index contributed by atoms with van der Waals surface area (Å²) in [7, 11) is 1.62. The van der Waals surface area contributed by atoms with Crippen LogP contribution in [0, 0.1) is 0 Å². The molecule has 1 amide bonds. The third kappa shape index (κ3) is 3.46. The summed E-state index contributed by atoms with van der Waals surface area (Å²) in [5.74, 6) is 0.543. The standard InChI is InChI=1S/C17H18ClN3O2/c1-19-17(22)14-5-6-15(12-3-2-4-13(18)11-12)20-16(14)21-7-9-23-10-8-21/h2-6,11H,7-10H2,1H3,(H,19,22). The number of pyridine rings is 1. The van der Waals surface area contributed by atoms with E-state index >= 15 is 0 Å². The van der Waals surface area contributed by atoms with Crippen molar-refractivity contribution in [2.45, 2.75) is 0 Å². The molecule has 0 saturated carbocycles. The molecule has 1 N–H and O–H groups in total. The molecule has 0 bridgehead atoms. The minimum atomic E-state index is -0.142. The van der Waals surface area contributed by atoms with E-state index in [0.717, 1.165) is 24.3 Å². The summed E-state index contributed by atoms with van der Waals surface area (Å²) in [6.45, 7) is 2.71. The van der Waals surface area contributed by atoms with Crippen molar-refractivity contribution in [3.8, 4) is 11.3 Å². The molecule has 1 aromatic carbocycles. The number of morpholine rings is 1. The van der Waals surface area contributed by atoms with Gasteiger partial charge in [-0.15, -0.1) is 0 Å². The van der Waals surface area contributed by atoms with Crippen molar-refractivity contribution < 1.29 is 9.53 Å². The van der Waals surface area contributed by atoms with E-state index < -0.39 is 0 Å². The van der Waals surface area contributed by atoms with Crippen LogP contribution in [0.2, 0.25) is 5.02 Å². The Hall–Kier alpha value is -2.11. The number of rotatable bonds is 3. The van der Waals surface area contributed by atoms with E-state index in [1.807, 2.05) is 36.4 Å². The van der Waals surface area contributed by atoms with E-state index in [1.54, 1.807) is 7.05 Å². The zero-order valence-electron chi connectivity index (χ0n) is 12.9. The van der Waals surface area contributed by atoms with Crippen LogP contribution in [0.5, 0.6) is 0 Å². The SMILES string of the molecule is CNC(=O)c1ccc(-c2cccc(Cl)c2)nc1N1CCOCC1. The number of benzene rings is 1. The Morgan fingerprint density at radius 1 is 1.26 bits per heavy atom. The predicted molar refractivity (Wildman–Crippen MR) is 91.1 cm³/mol. The average molecular weight is 332 g/mol. The van der Waals surface area contributed by atoms with Gasteiger partial charge in [0.25, 0.3) is 5.91 Å². The minimum absolute atomic E-state index is 0.142. The first-order valence-electron chi connectivity index (χ1n) is 7.51. The zero-order chi connectivity index (χ0) is 16.2. The molecule has 1 aliphatic rings. The molecule has 5 nitrogen and oxygen atoms in total. The van der Waals surface area contributed by atoms with Gasteiger partial charge in [0, 0.05) is 30.7 Å². The summed E-state index contributed by atoms with van der Waals surface area (Å²) in [6, 6.07) is 11.2. The number of anilines is 1. The average Bonchev–Trinajstić information content (AvgIpc) is 2.61. The van der Waals surface area contributed by atoms with Crippen molar-refractivity contribution in [1.29, 1.82) is 0 Å². The summed E-state index contributed by atoms with van der Waals surface area (Å²) >= 11 is 6.07. The van der Waals surface area contributed by atoms with E-state index in [0.29, 0.717) is 29.6 Å². The van der Waals surface area contributed by atoms with Gasteiger partial charge in [-0.1, -0.05) is 23.7 Å². The van der Waals surface area contributed by atoms with Crippen molar-refractivity contribution >= 4 is 23.3 Å². The maximum absolute atomic E-state index is 12.1. The van der Waals surface area contributed by atoms with Gasteiger partial charge in [0.2, 0.25) is 0 Å². The molecule has 23 heavy (non-hydrogen) atoms. The van der Waals surface area contributed by atoms with Gasteiger partial charge in [0.1, 0.15) is 5.82 Å². The molecule has 0 aliphatic carbocycles. The number of nitrogens with one attached hydrogen (secondary N) is 1. The number of carbonyl (C=O) groups excluding carboxylic acids is 1. The monoisotopic (exact) mass is 331 g/mol. The van der Waals surface area contributed by atoms with Gasteiger partial charge in [-0.2, -0.15) is 0 Å². The van der Waals surface area contributed by atoms with Gasteiger partial charge < -0.3 is 15.0 Å². The molecule has 6 heteroatoms. The first kappa shape index (κ1) is 15.8. The van der Waals surface area contributed by atoms with Crippen LogP contribution in [0.4, 0.5) is 5.82 Å². The van der Waals surface area contributed by atoms with Gasteiger partial charge >= 0.3 is 0 Å². The number of halogens is 1. The van der Waals surface area contributed by atoms with Crippen molar-refractivity contribution in [2.24, 2.45) is 0 Å². The van der Waals surface area contributed by atoms with Gasteiger partial charge in [-0.25, -0.2) is 4.98 Å². The maximum Gasteiger partial charge on any atom is 0.254 e. The Morgan fingerprint density at radius 2 is 2.04 bits per heavy atom. The number of hydrogen-bond acceptors (Lipinski definition) is 4. The fourth-order valence-corrected chi connectivity index (χ4v) is 2.78. The molecule has 0 spiro atoms. The normalized spacial score (nSPS) is 14.6. The van der Waals surface area contributed by atoms with Crippen LogP contribution in [0.15, 0.2) is 36.4 Å². The lowest BCUT2D eigenvalue weighted by Crippen LogP contribution is -2.38. The van der Waals surface area contributed by atoms with E-state index in [2.05, 4.69) is 10.2 Å². The first-order valence-corrected chi connectivity index (χ1v) is 7.88. The van der Waals surface area contributed by atoms with Gasteiger partial charge in [0.05, 0.1) is 24.5 Å². The summed E-state index contributed by atoms with van der Waals surface area (Å²) in [6.07, 6.45) is 0. The Bertz CT molecular complexity index is 715. The summed E-state index contributed by atoms with van der Waals surface area (Å²) in [5.41, 5.74) is 2.29. The molecule has 1 fully saturated rings. The van der Waals surface area contributed by atoms with Crippen LogP contribution in [0.3, 0.4) is 0 Å². The fourth-order valence-electron chi connectivity index (χ4n) is 2.59. The van der Waals surface area contributed by atoms with Crippen LogP contribution in [-0.2, 0) is 4.74 Å². The Balaban J connectivity index is 2.05. The predicted octanol–water partition coefficient (Wildman–Crippen LogP) is 2.60. The van der Waals surface area contributed by atoms with Crippen molar-refractivity contribution in [2.75, 3.05) is 38.3 Å². The molecule has 1 aromatic heterocycles. The lowest BCUT2D eigenvalue weighted by atomic mass is 10.1. The highest BCUT2D eigenvalue weighted by Crippen LogP contribution is 2.26. The number of aromatic nitrogens is 1. The van der Waals surface area contributed by atoms with Crippen LogP contribution in [-0.4, -0.2) is 44.2 Å². The van der Waals surface area contributed by atoms with Crippen molar-refractivity contribution in [1.82, 2.24) is 10.3 Å². The Kier molecular flexibility index (Phi) is 4.79. The largest absolute Gasteiger partial charge is 0.378 e. The molecule has 3 rings (SSSR count). The quantitative estimate of drug-likeness (QED) is 0.939. The second kappa shape index (κ2) is 6.98. The van der Waals surface area contributed by atoms with Crippen molar-refractivity contribution in [3.05, 3.63) is 47.0 Å². The molecular weight excluding hydrogens is 314 g/mol. The molecule has 120 valence electrons. The molecule has 1 aliphatic heterocycles. The third-order valence-electron chi connectivity index (χ3n) is 3.78. The molecule has 1 saturated heterocycles. The van der Waals surface area contributed by atoms with Gasteiger partial charge in [0.15, 0.2) is 0 Å². The van der Waals surface area contributed by atoms with Gasteiger partial charge in [-0.3, -0.25) is 4.79 Å². The summed E-state index contributed by atoms with van der Waals surface area (Å²) < 4.78 is 5.39. The summed E-state index contributed by atoms with van der Waals surface area (Å²) in [5, 5.41) is 3.33.